The summed E-state index contributed by atoms with van der Waals surface area (Å²) in [5, 5.41) is 1.20. The Morgan fingerprint density at radius 3 is 2.93 bits per heavy atom. The maximum absolute atomic E-state index is 4.32. The van der Waals surface area contributed by atoms with Gasteiger partial charge >= 0.3 is 0 Å². The van der Waals surface area contributed by atoms with Crippen molar-refractivity contribution in [3.8, 4) is 0 Å². The molecule has 0 amide bonds. The molecule has 2 aromatic rings. The van der Waals surface area contributed by atoms with Crippen molar-refractivity contribution in [1.82, 2.24) is 4.98 Å². The third-order valence-corrected chi connectivity index (χ3v) is 2.53. The molecule has 0 radical (unpaired) electrons. The summed E-state index contributed by atoms with van der Waals surface area (Å²) in [5.74, 6) is 0.888. The molecular formula is C13H13NS. The molecule has 0 unspecified atom stereocenters. The van der Waals surface area contributed by atoms with Gasteiger partial charge in [-0.05, 0) is 29.9 Å². The summed E-state index contributed by atoms with van der Waals surface area (Å²) in [6.45, 7) is 0. The fourth-order valence-corrected chi connectivity index (χ4v) is 1.70. The van der Waals surface area contributed by atoms with Gasteiger partial charge in [0.2, 0.25) is 0 Å². The van der Waals surface area contributed by atoms with Crippen LogP contribution in [0.15, 0.2) is 42.6 Å². The van der Waals surface area contributed by atoms with Gasteiger partial charge in [0.15, 0.2) is 0 Å². The van der Waals surface area contributed by atoms with Crippen LogP contribution in [0.1, 0.15) is 12.0 Å². The molecule has 0 bridgehead atoms. The maximum Gasteiger partial charge on any atom is 0.0707 e. The zero-order valence-electron chi connectivity index (χ0n) is 8.43. The smallest absolute Gasteiger partial charge is 0.0707 e. The van der Waals surface area contributed by atoms with E-state index in [0.717, 1.165) is 17.7 Å². The first-order chi connectivity index (χ1) is 7.42. The molecule has 0 spiro atoms. The van der Waals surface area contributed by atoms with E-state index in [9.17, 15) is 0 Å². The van der Waals surface area contributed by atoms with Gasteiger partial charge in [-0.25, -0.2) is 0 Å². The molecule has 0 aliphatic heterocycles. The molecule has 76 valence electrons. The van der Waals surface area contributed by atoms with Gasteiger partial charge < -0.3 is 0 Å². The summed E-state index contributed by atoms with van der Waals surface area (Å²) in [7, 11) is 0. The van der Waals surface area contributed by atoms with Crippen molar-refractivity contribution in [2.75, 3.05) is 5.75 Å². The molecule has 15 heavy (non-hydrogen) atoms. The molecule has 2 rings (SSSR count). The minimum atomic E-state index is 0.888. The SMILES string of the molecule is SCCC=Cc1ccnc2ccccc12. The Balaban J connectivity index is 2.42. The van der Waals surface area contributed by atoms with Gasteiger partial charge in [-0.2, -0.15) is 12.6 Å². The second-order valence-corrected chi connectivity index (χ2v) is 3.78. The van der Waals surface area contributed by atoms with Gasteiger partial charge in [-0.1, -0.05) is 30.4 Å². The van der Waals surface area contributed by atoms with E-state index in [-0.39, 0.29) is 0 Å². The first kappa shape index (κ1) is 10.2. The Bertz CT molecular complexity index is 471. The molecule has 0 saturated heterocycles. The van der Waals surface area contributed by atoms with Gasteiger partial charge in [0.05, 0.1) is 5.52 Å². The minimum absolute atomic E-state index is 0.888. The van der Waals surface area contributed by atoms with Crippen LogP contribution in [0.4, 0.5) is 0 Å². The Morgan fingerprint density at radius 2 is 2.07 bits per heavy atom. The van der Waals surface area contributed by atoms with Crippen molar-refractivity contribution in [3.63, 3.8) is 0 Å². The first-order valence-electron chi connectivity index (χ1n) is 5.03. The van der Waals surface area contributed by atoms with Crippen molar-refractivity contribution in [3.05, 3.63) is 48.2 Å². The van der Waals surface area contributed by atoms with E-state index in [1.807, 2.05) is 30.5 Å². The van der Waals surface area contributed by atoms with E-state index in [2.05, 4.69) is 35.8 Å². The van der Waals surface area contributed by atoms with E-state index in [1.165, 1.54) is 10.9 Å². The maximum atomic E-state index is 4.32. The van der Waals surface area contributed by atoms with Gasteiger partial charge in [-0.15, -0.1) is 0 Å². The number of benzene rings is 1. The summed E-state index contributed by atoms with van der Waals surface area (Å²) in [6.07, 6.45) is 7.14. The average molecular weight is 215 g/mol. The number of thiol groups is 1. The number of hydrogen-bond acceptors (Lipinski definition) is 2. The van der Waals surface area contributed by atoms with Crippen LogP contribution < -0.4 is 0 Å². The standard InChI is InChI=1S/C13H13NS/c15-10-4-3-5-11-8-9-14-13-7-2-1-6-12(11)13/h1-3,5-9,15H,4,10H2. The highest BCUT2D eigenvalue weighted by Gasteiger charge is 1.96. The van der Waals surface area contributed by atoms with Crippen LogP contribution in [0.5, 0.6) is 0 Å². The Morgan fingerprint density at radius 1 is 1.20 bits per heavy atom. The lowest BCUT2D eigenvalue weighted by Gasteiger charge is -2.00. The van der Waals surface area contributed by atoms with E-state index < -0.39 is 0 Å². The Kier molecular flexibility index (Phi) is 3.41. The second kappa shape index (κ2) is 4.99. The molecule has 0 aliphatic rings. The predicted molar refractivity (Wildman–Crippen MR) is 69.2 cm³/mol. The van der Waals surface area contributed by atoms with E-state index in [4.69, 9.17) is 0 Å². The van der Waals surface area contributed by atoms with Crippen molar-refractivity contribution in [2.45, 2.75) is 6.42 Å². The normalized spacial score (nSPS) is 11.3. The summed E-state index contributed by atoms with van der Waals surface area (Å²) in [5.41, 5.74) is 2.27. The molecule has 1 aromatic heterocycles. The van der Waals surface area contributed by atoms with Crippen LogP contribution in [0, 0.1) is 0 Å². The Hall–Kier alpha value is -1.28. The second-order valence-electron chi connectivity index (χ2n) is 3.33. The largest absolute Gasteiger partial charge is 0.256 e. The van der Waals surface area contributed by atoms with Gasteiger partial charge in [0, 0.05) is 11.6 Å². The highest BCUT2D eigenvalue weighted by molar-refractivity contribution is 7.80. The lowest BCUT2D eigenvalue weighted by molar-refractivity contribution is 1.26. The van der Waals surface area contributed by atoms with Crippen LogP contribution in [0.2, 0.25) is 0 Å². The number of para-hydroxylation sites is 1. The zero-order valence-corrected chi connectivity index (χ0v) is 9.32. The van der Waals surface area contributed by atoms with Gasteiger partial charge in [0.25, 0.3) is 0 Å². The van der Waals surface area contributed by atoms with E-state index >= 15 is 0 Å². The quantitative estimate of drug-likeness (QED) is 0.772. The van der Waals surface area contributed by atoms with Crippen LogP contribution in [0.3, 0.4) is 0 Å². The molecule has 1 heterocycles. The number of fused-ring (bicyclic) bond motifs is 1. The third-order valence-electron chi connectivity index (χ3n) is 2.28. The molecule has 0 aliphatic carbocycles. The topological polar surface area (TPSA) is 12.9 Å². The molecule has 2 heteroatoms. The van der Waals surface area contributed by atoms with Crippen molar-refractivity contribution < 1.29 is 0 Å². The van der Waals surface area contributed by atoms with Gasteiger partial charge in [0.1, 0.15) is 0 Å². The number of allylic oxidation sites excluding steroid dienone is 1. The van der Waals surface area contributed by atoms with Crippen molar-refractivity contribution >= 4 is 29.6 Å². The number of pyridine rings is 1. The summed E-state index contributed by atoms with van der Waals surface area (Å²) in [6, 6.07) is 10.2. The summed E-state index contributed by atoms with van der Waals surface area (Å²) in [4.78, 5) is 4.32. The minimum Gasteiger partial charge on any atom is -0.256 e. The lowest BCUT2D eigenvalue weighted by Crippen LogP contribution is -1.81. The lowest BCUT2D eigenvalue weighted by atomic mass is 10.1. The number of rotatable bonds is 3. The summed E-state index contributed by atoms with van der Waals surface area (Å²) >= 11 is 4.18. The highest BCUT2D eigenvalue weighted by atomic mass is 32.1. The molecule has 1 nitrogen and oxygen atoms in total. The molecule has 0 saturated carbocycles. The van der Waals surface area contributed by atoms with Gasteiger partial charge in [-0.3, -0.25) is 4.98 Å². The number of nitrogens with zero attached hydrogens (tertiary/aromatic N) is 1. The summed E-state index contributed by atoms with van der Waals surface area (Å²) < 4.78 is 0. The van der Waals surface area contributed by atoms with E-state index in [1.54, 1.807) is 0 Å². The number of aromatic nitrogens is 1. The van der Waals surface area contributed by atoms with Crippen LogP contribution >= 0.6 is 12.6 Å². The fraction of sp³-hybridized carbons (Fsp3) is 0.154. The Labute approximate surface area is 95.3 Å². The van der Waals surface area contributed by atoms with Crippen LogP contribution in [-0.2, 0) is 0 Å². The molecule has 1 aromatic carbocycles. The van der Waals surface area contributed by atoms with Crippen LogP contribution in [0.25, 0.3) is 17.0 Å². The highest BCUT2D eigenvalue weighted by Crippen LogP contribution is 2.17. The zero-order chi connectivity index (χ0) is 10.5. The average Bonchev–Trinajstić information content (AvgIpc) is 2.30. The first-order valence-corrected chi connectivity index (χ1v) is 5.66. The van der Waals surface area contributed by atoms with Crippen molar-refractivity contribution in [1.29, 1.82) is 0 Å². The molecule has 0 fully saturated rings. The molecule has 0 atom stereocenters. The molecular weight excluding hydrogens is 202 g/mol. The monoisotopic (exact) mass is 215 g/mol. The van der Waals surface area contributed by atoms with Crippen LogP contribution in [-0.4, -0.2) is 10.7 Å². The van der Waals surface area contributed by atoms with E-state index in [0.29, 0.717) is 0 Å². The third kappa shape index (κ3) is 2.39. The predicted octanol–water partition coefficient (Wildman–Crippen LogP) is 3.57. The number of hydrogen-bond donors (Lipinski definition) is 1. The fourth-order valence-electron chi connectivity index (χ4n) is 1.55. The molecule has 0 N–H and O–H groups in total. The van der Waals surface area contributed by atoms with Crippen molar-refractivity contribution in [2.24, 2.45) is 0 Å².